The predicted molar refractivity (Wildman–Crippen MR) is 73.7 cm³/mol. The van der Waals surface area contributed by atoms with E-state index in [0.29, 0.717) is 5.41 Å². The van der Waals surface area contributed by atoms with Gasteiger partial charge in [0, 0.05) is 28.9 Å². The fraction of sp³-hybridized carbons (Fsp3) is 0.538. The molecule has 0 spiro atoms. The Kier molecular flexibility index (Phi) is 2.91. The average molecular weight is 283 g/mol. The smallest absolute Gasteiger partial charge is 0.0479 e. The standard InChI is InChI=1S/C13H19BrN2/c1-13(2,3)9-7-16(8-9)10-4-5-11(14)12(15)6-10/h4-6,9H,7-8,15H2,1-3H3. The Bertz CT molecular complexity index is 389. The third-order valence-electron chi connectivity index (χ3n) is 3.45. The summed E-state index contributed by atoms with van der Waals surface area (Å²) in [4.78, 5) is 2.39. The van der Waals surface area contributed by atoms with Crippen LogP contribution in [0.25, 0.3) is 0 Å². The number of anilines is 2. The van der Waals surface area contributed by atoms with Gasteiger partial charge in [0.05, 0.1) is 0 Å². The maximum Gasteiger partial charge on any atom is 0.0479 e. The van der Waals surface area contributed by atoms with Crippen LogP contribution in [-0.4, -0.2) is 13.1 Å². The Morgan fingerprint density at radius 1 is 1.31 bits per heavy atom. The third-order valence-corrected chi connectivity index (χ3v) is 4.17. The number of nitrogens with zero attached hydrogens (tertiary/aromatic N) is 1. The Hall–Kier alpha value is -0.700. The first-order chi connectivity index (χ1) is 7.38. The maximum absolute atomic E-state index is 5.88. The van der Waals surface area contributed by atoms with Crippen molar-refractivity contribution >= 4 is 27.3 Å². The van der Waals surface area contributed by atoms with Gasteiger partial charge in [-0.2, -0.15) is 0 Å². The molecule has 1 aliphatic rings. The van der Waals surface area contributed by atoms with Crippen LogP contribution < -0.4 is 10.6 Å². The zero-order chi connectivity index (χ0) is 11.9. The molecule has 0 atom stereocenters. The molecule has 0 aliphatic carbocycles. The van der Waals surface area contributed by atoms with E-state index in [9.17, 15) is 0 Å². The molecule has 0 aromatic heterocycles. The van der Waals surface area contributed by atoms with E-state index in [1.807, 2.05) is 12.1 Å². The van der Waals surface area contributed by atoms with Gasteiger partial charge in [0.25, 0.3) is 0 Å². The number of halogens is 1. The van der Waals surface area contributed by atoms with Crippen LogP contribution in [0.4, 0.5) is 11.4 Å². The van der Waals surface area contributed by atoms with Crippen molar-refractivity contribution in [2.45, 2.75) is 20.8 Å². The minimum atomic E-state index is 0.414. The first-order valence-corrected chi connectivity index (χ1v) is 6.47. The van der Waals surface area contributed by atoms with Crippen molar-refractivity contribution in [2.24, 2.45) is 11.3 Å². The van der Waals surface area contributed by atoms with E-state index in [0.717, 1.165) is 29.2 Å². The molecule has 0 amide bonds. The minimum absolute atomic E-state index is 0.414. The van der Waals surface area contributed by atoms with Crippen LogP contribution in [0.5, 0.6) is 0 Å². The van der Waals surface area contributed by atoms with Crippen LogP contribution in [0.1, 0.15) is 20.8 Å². The van der Waals surface area contributed by atoms with E-state index >= 15 is 0 Å². The molecule has 1 aliphatic heterocycles. The molecule has 1 aromatic rings. The molecule has 1 aromatic carbocycles. The van der Waals surface area contributed by atoms with Gasteiger partial charge >= 0.3 is 0 Å². The Labute approximate surface area is 106 Å². The highest BCUT2D eigenvalue weighted by Crippen LogP contribution is 2.37. The van der Waals surface area contributed by atoms with E-state index in [2.05, 4.69) is 47.7 Å². The zero-order valence-electron chi connectivity index (χ0n) is 10.1. The largest absolute Gasteiger partial charge is 0.398 e. The number of rotatable bonds is 1. The van der Waals surface area contributed by atoms with Crippen molar-refractivity contribution in [2.75, 3.05) is 23.7 Å². The summed E-state index contributed by atoms with van der Waals surface area (Å²) in [6, 6.07) is 6.19. The third kappa shape index (κ3) is 2.19. The Balaban J connectivity index is 2.04. The summed E-state index contributed by atoms with van der Waals surface area (Å²) in [7, 11) is 0. The number of hydrogen-bond acceptors (Lipinski definition) is 2. The summed E-state index contributed by atoms with van der Waals surface area (Å²) in [6.07, 6.45) is 0. The molecule has 2 nitrogen and oxygen atoms in total. The van der Waals surface area contributed by atoms with Crippen molar-refractivity contribution in [3.05, 3.63) is 22.7 Å². The second-order valence-corrected chi connectivity index (χ2v) is 6.53. The minimum Gasteiger partial charge on any atom is -0.398 e. The van der Waals surface area contributed by atoms with Crippen molar-refractivity contribution in [3.8, 4) is 0 Å². The van der Waals surface area contributed by atoms with Crippen LogP contribution >= 0.6 is 15.9 Å². The second kappa shape index (κ2) is 3.95. The van der Waals surface area contributed by atoms with Crippen molar-refractivity contribution in [1.29, 1.82) is 0 Å². The molecular weight excluding hydrogens is 264 g/mol. The SMILES string of the molecule is CC(C)(C)C1CN(c2ccc(Br)c(N)c2)C1. The number of nitrogen functional groups attached to an aromatic ring is 1. The van der Waals surface area contributed by atoms with Gasteiger partial charge in [-0.25, -0.2) is 0 Å². The van der Waals surface area contributed by atoms with Gasteiger partial charge in [-0.05, 0) is 45.5 Å². The summed E-state index contributed by atoms with van der Waals surface area (Å²) < 4.78 is 0.976. The summed E-state index contributed by atoms with van der Waals surface area (Å²) in [5.74, 6) is 0.789. The van der Waals surface area contributed by atoms with E-state index in [-0.39, 0.29) is 0 Å². The summed E-state index contributed by atoms with van der Waals surface area (Å²) >= 11 is 3.42. The molecule has 1 heterocycles. The van der Waals surface area contributed by atoms with Gasteiger partial charge < -0.3 is 10.6 Å². The lowest BCUT2D eigenvalue weighted by molar-refractivity contribution is 0.195. The Morgan fingerprint density at radius 2 is 1.94 bits per heavy atom. The van der Waals surface area contributed by atoms with Crippen LogP contribution in [-0.2, 0) is 0 Å². The highest BCUT2D eigenvalue weighted by Gasteiger charge is 2.35. The van der Waals surface area contributed by atoms with Gasteiger partial charge in [-0.1, -0.05) is 20.8 Å². The lowest BCUT2D eigenvalue weighted by atomic mass is 9.76. The molecule has 0 bridgehead atoms. The molecule has 16 heavy (non-hydrogen) atoms. The molecule has 0 saturated carbocycles. The van der Waals surface area contributed by atoms with Gasteiger partial charge in [-0.3, -0.25) is 0 Å². The van der Waals surface area contributed by atoms with E-state index in [1.165, 1.54) is 5.69 Å². The fourth-order valence-corrected chi connectivity index (χ4v) is 2.21. The highest BCUT2D eigenvalue weighted by atomic mass is 79.9. The fourth-order valence-electron chi connectivity index (χ4n) is 1.96. The number of hydrogen-bond donors (Lipinski definition) is 1. The Morgan fingerprint density at radius 3 is 2.44 bits per heavy atom. The monoisotopic (exact) mass is 282 g/mol. The number of benzene rings is 1. The molecule has 0 radical (unpaired) electrons. The molecule has 1 saturated heterocycles. The summed E-state index contributed by atoms with van der Waals surface area (Å²) in [5, 5.41) is 0. The topological polar surface area (TPSA) is 29.3 Å². The molecule has 88 valence electrons. The lowest BCUT2D eigenvalue weighted by Crippen LogP contribution is -2.52. The van der Waals surface area contributed by atoms with Crippen molar-refractivity contribution in [3.63, 3.8) is 0 Å². The molecule has 2 rings (SSSR count). The molecule has 2 N–H and O–H groups in total. The molecule has 1 fully saturated rings. The first kappa shape index (κ1) is 11.8. The summed E-state index contributed by atoms with van der Waals surface area (Å²) in [6.45, 7) is 9.22. The average Bonchev–Trinajstić information content (AvgIpc) is 2.06. The predicted octanol–water partition coefficient (Wildman–Crippen LogP) is 3.51. The lowest BCUT2D eigenvalue weighted by Gasteiger charge is -2.47. The van der Waals surface area contributed by atoms with E-state index < -0.39 is 0 Å². The van der Waals surface area contributed by atoms with Crippen LogP contribution in [0.15, 0.2) is 22.7 Å². The van der Waals surface area contributed by atoms with Crippen molar-refractivity contribution in [1.82, 2.24) is 0 Å². The quantitative estimate of drug-likeness (QED) is 0.799. The highest BCUT2D eigenvalue weighted by molar-refractivity contribution is 9.10. The van der Waals surface area contributed by atoms with Crippen LogP contribution in [0.3, 0.4) is 0 Å². The van der Waals surface area contributed by atoms with Gasteiger partial charge in [-0.15, -0.1) is 0 Å². The van der Waals surface area contributed by atoms with E-state index in [4.69, 9.17) is 5.73 Å². The van der Waals surface area contributed by atoms with Crippen LogP contribution in [0, 0.1) is 11.3 Å². The normalized spacial score (nSPS) is 17.4. The molecular formula is C13H19BrN2. The summed E-state index contributed by atoms with van der Waals surface area (Å²) in [5.41, 5.74) is 8.35. The maximum atomic E-state index is 5.88. The molecule has 3 heteroatoms. The zero-order valence-corrected chi connectivity index (χ0v) is 11.7. The second-order valence-electron chi connectivity index (χ2n) is 5.67. The van der Waals surface area contributed by atoms with E-state index in [1.54, 1.807) is 0 Å². The van der Waals surface area contributed by atoms with Crippen LogP contribution in [0.2, 0.25) is 0 Å². The van der Waals surface area contributed by atoms with Gasteiger partial charge in [0.1, 0.15) is 0 Å². The van der Waals surface area contributed by atoms with Gasteiger partial charge in [0.2, 0.25) is 0 Å². The number of nitrogens with two attached hydrogens (primary N) is 1. The molecule has 0 unspecified atom stereocenters. The van der Waals surface area contributed by atoms with Crippen molar-refractivity contribution < 1.29 is 0 Å². The first-order valence-electron chi connectivity index (χ1n) is 5.68. The van der Waals surface area contributed by atoms with Gasteiger partial charge in [0.15, 0.2) is 0 Å².